The Bertz CT molecular complexity index is 600. The van der Waals surface area contributed by atoms with Gasteiger partial charge in [0.25, 0.3) is 0 Å². The van der Waals surface area contributed by atoms with Crippen LogP contribution >= 0.6 is 0 Å². The second-order valence-electron chi connectivity index (χ2n) is 6.56. The van der Waals surface area contributed by atoms with Crippen molar-refractivity contribution in [2.75, 3.05) is 0 Å². The summed E-state index contributed by atoms with van der Waals surface area (Å²) >= 11 is 0. The van der Waals surface area contributed by atoms with E-state index in [1.54, 1.807) is 6.20 Å². The maximum Gasteiger partial charge on any atom is 0.145 e. The van der Waals surface area contributed by atoms with Gasteiger partial charge in [-0.3, -0.25) is 4.98 Å². The predicted molar refractivity (Wildman–Crippen MR) is 86.8 cm³/mol. The van der Waals surface area contributed by atoms with Crippen LogP contribution in [0.2, 0.25) is 0 Å². The highest BCUT2D eigenvalue weighted by Crippen LogP contribution is 2.33. The summed E-state index contributed by atoms with van der Waals surface area (Å²) in [5, 5.41) is 0. The van der Waals surface area contributed by atoms with Gasteiger partial charge in [-0.05, 0) is 36.5 Å². The molecule has 2 N–H and O–H groups in total. The fourth-order valence-corrected chi connectivity index (χ4v) is 2.31. The van der Waals surface area contributed by atoms with Gasteiger partial charge in [0.15, 0.2) is 0 Å². The molecule has 0 aliphatic rings. The van der Waals surface area contributed by atoms with Gasteiger partial charge in [-0.2, -0.15) is 0 Å². The monoisotopic (exact) mass is 284 g/mol. The summed E-state index contributed by atoms with van der Waals surface area (Å²) in [6.45, 7) is 8.53. The zero-order valence-electron chi connectivity index (χ0n) is 13.3. The van der Waals surface area contributed by atoms with Gasteiger partial charge in [-0.1, -0.05) is 39.0 Å². The van der Waals surface area contributed by atoms with E-state index in [9.17, 15) is 0 Å². The highest BCUT2D eigenvalue weighted by molar-refractivity contribution is 5.41. The Morgan fingerprint density at radius 3 is 2.57 bits per heavy atom. The third-order valence-electron chi connectivity index (χ3n) is 3.25. The fourth-order valence-electron chi connectivity index (χ4n) is 2.31. The second kappa shape index (κ2) is 6.27. The van der Waals surface area contributed by atoms with E-state index in [1.807, 2.05) is 37.4 Å². The van der Waals surface area contributed by atoms with Crippen LogP contribution in [0.4, 0.5) is 0 Å². The Morgan fingerprint density at radius 1 is 1.19 bits per heavy atom. The number of ether oxygens (including phenoxy) is 1. The van der Waals surface area contributed by atoms with Crippen LogP contribution < -0.4 is 10.5 Å². The number of nitrogens with zero attached hydrogens (tertiary/aromatic N) is 1. The van der Waals surface area contributed by atoms with Crippen molar-refractivity contribution < 1.29 is 4.74 Å². The molecule has 0 radical (unpaired) electrons. The van der Waals surface area contributed by atoms with Crippen molar-refractivity contribution in [3.8, 4) is 11.5 Å². The predicted octanol–water partition coefficient (Wildman–Crippen LogP) is 4.06. The molecule has 1 atom stereocenters. The minimum absolute atomic E-state index is 0.0351. The molecule has 3 nitrogen and oxygen atoms in total. The Balaban J connectivity index is 2.27. The lowest BCUT2D eigenvalue weighted by molar-refractivity contribution is 0.453. The smallest absolute Gasteiger partial charge is 0.145 e. The third-order valence-corrected chi connectivity index (χ3v) is 3.25. The number of hydrogen-bond donors (Lipinski definition) is 1. The van der Waals surface area contributed by atoms with Gasteiger partial charge < -0.3 is 10.5 Å². The molecule has 21 heavy (non-hydrogen) atoms. The van der Waals surface area contributed by atoms with Crippen molar-refractivity contribution in [3.63, 3.8) is 0 Å². The molecule has 2 rings (SSSR count). The average molecular weight is 284 g/mol. The van der Waals surface area contributed by atoms with Crippen molar-refractivity contribution in [1.82, 2.24) is 4.98 Å². The van der Waals surface area contributed by atoms with Crippen LogP contribution in [0.15, 0.2) is 42.7 Å². The highest BCUT2D eigenvalue weighted by atomic mass is 16.5. The zero-order valence-corrected chi connectivity index (χ0v) is 13.3. The van der Waals surface area contributed by atoms with Crippen molar-refractivity contribution in [1.29, 1.82) is 0 Å². The molecular weight excluding hydrogens is 260 g/mol. The number of benzene rings is 1. The third kappa shape index (κ3) is 4.30. The van der Waals surface area contributed by atoms with Crippen LogP contribution in [-0.2, 0) is 11.8 Å². The van der Waals surface area contributed by atoms with Crippen LogP contribution in [0.3, 0.4) is 0 Å². The fraction of sp³-hybridized carbons (Fsp3) is 0.389. The number of rotatable bonds is 4. The van der Waals surface area contributed by atoms with E-state index in [0.29, 0.717) is 0 Å². The Morgan fingerprint density at radius 2 is 1.90 bits per heavy atom. The molecular formula is C18H24N2O. The maximum atomic E-state index is 6.05. The van der Waals surface area contributed by atoms with Gasteiger partial charge >= 0.3 is 0 Å². The summed E-state index contributed by atoms with van der Waals surface area (Å²) in [6.07, 6.45) is 4.38. The molecule has 1 aromatic carbocycles. The molecule has 112 valence electrons. The largest absolute Gasteiger partial charge is 0.455 e. The summed E-state index contributed by atoms with van der Waals surface area (Å²) in [4.78, 5) is 4.25. The van der Waals surface area contributed by atoms with Crippen molar-refractivity contribution in [2.24, 2.45) is 5.73 Å². The number of para-hydroxylation sites is 1. The molecule has 0 fully saturated rings. The average Bonchev–Trinajstić information content (AvgIpc) is 2.37. The van der Waals surface area contributed by atoms with Crippen molar-refractivity contribution >= 4 is 0 Å². The maximum absolute atomic E-state index is 6.05. The van der Waals surface area contributed by atoms with E-state index < -0.39 is 0 Å². The van der Waals surface area contributed by atoms with Crippen LogP contribution in [0, 0.1) is 0 Å². The highest BCUT2D eigenvalue weighted by Gasteiger charge is 2.18. The van der Waals surface area contributed by atoms with E-state index in [4.69, 9.17) is 10.5 Å². The Hall–Kier alpha value is -1.87. The normalized spacial score (nSPS) is 13.0. The molecule has 3 heteroatoms. The van der Waals surface area contributed by atoms with Crippen LogP contribution in [0.1, 0.15) is 38.8 Å². The van der Waals surface area contributed by atoms with Gasteiger partial charge in [-0.25, -0.2) is 0 Å². The topological polar surface area (TPSA) is 48.1 Å². The Labute approximate surface area is 127 Å². The van der Waals surface area contributed by atoms with Gasteiger partial charge in [0, 0.05) is 17.8 Å². The molecule has 2 aromatic rings. The SMILES string of the molecule is CC(N)Cc1cncc(Oc2ccccc2C(C)(C)C)c1. The summed E-state index contributed by atoms with van der Waals surface area (Å²) < 4.78 is 6.05. The van der Waals surface area contributed by atoms with Crippen LogP contribution in [0.25, 0.3) is 0 Å². The van der Waals surface area contributed by atoms with Crippen molar-refractivity contribution in [3.05, 3.63) is 53.9 Å². The number of nitrogens with two attached hydrogens (primary N) is 1. The lowest BCUT2D eigenvalue weighted by Crippen LogP contribution is -2.17. The lowest BCUT2D eigenvalue weighted by atomic mass is 9.86. The molecule has 0 aliphatic carbocycles. The first-order chi connectivity index (χ1) is 9.86. The van der Waals surface area contributed by atoms with Gasteiger partial charge in [0.2, 0.25) is 0 Å². The van der Waals surface area contributed by atoms with E-state index in [-0.39, 0.29) is 11.5 Å². The molecule has 0 bridgehead atoms. The molecule has 1 aromatic heterocycles. The summed E-state index contributed by atoms with van der Waals surface area (Å²) in [7, 11) is 0. The van der Waals surface area contributed by atoms with Crippen LogP contribution in [0.5, 0.6) is 11.5 Å². The first-order valence-electron chi connectivity index (χ1n) is 7.33. The van der Waals surface area contributed by atoms with E-state index in [1.165, 1.54) is 5.56 Å². The van der Waals surface area contributed by atoms with Gasteiger partial charge in [0.1, 0.15) is 11.5 Å². The standard InChI is InChI=1S/C18H24N2O/c1-13(19)9-14-10-15(12-20-11-14)21-17-8-6-5-7-16(17)18(2,3)4/h5-8,10-13H,9,19H2,1-4H3. The van der Waals surface area contributed by atoms with E-state index in [0.717, 1.165) is 23.5 Å². The molecule has 0 aliphatic heterocycles. The minimum atomic E-state index is 0.0351. The molecule has 0 saturated heterocycles. The molecule has 1 heterocycles. The number of pyridine rings is 1. The van der Waals surface area contributed by atoms with Gasteiger partial charge in [-0.15, -0.1) is 0 Å². The van der Waals surface area contributed by atoms with Crippen molar-refractivity contribution in [2.45, 2.75) is 45.6 Å². The first-order valence-corrected chi connectivity index (χ1v) is 7.33. The van der Waals surface area contributed by atoms with Crippen LogP contribution in [-0.4, -0.2) is 11.0 Å². The number of aromatic nitrogens is 1. The summed E-state index contributed by atoms with van der Waals surface area (Å²) in [5.41, 5.74) is 8.15. The quantitative estimate of drug-likeness (QED) is 0.921. The van der Waals surface area contributed by atoms with E-state index in [2.05, 4.69) is 31.8 Å². The molecule has 1 unspecified atom stereocenters. The van der Waals surface area contributed by atoms with E-state index >= 15 is 0 Å². The lowest BCUT2D eigenvalue weighted by Gasteiger charge is -2.22. The number of hydrogen-bond acceptors (Lipinski definition) is 3. The summed E-state index contributed by atoms with van der Waals surface area (Å²) in [6, 6.07) is 10.3. The second-order valence-corrected chi connectivity index (χ2v) is 6.56. The molecule has 0 amide bonds. The Kier molecular flexibility index (Phi) is 4.63. The summed E-state index contributed by atoms with van der Waals surface area (Å²) in [5.74, 6) is 1.63. The minimum Gasteiger partial charge on any atom is -0.455 e. The first kappa shape index (κ1) is 15.5. The molecule has 0 saturated carbocycles. The molecule has 0 spiro atoms. The van der Waals surface area contributed by atoms with Gasteiger partial charge in [0.05, 0.1) is 6.20 Å². The zero-order chi connectivity index (χ0) is 15.5.